The summed E-state index contributed by atoms with van der Waals surface area (Å²) in [5.74, 6) is 1.54. The first-order chi connectivity index (χ1) is 8.97. The first kappa shape index (κ1) is 13.2. The Bertz CT molecular complexity index is 602. The van der Waals surface area contributed by atoms with Gasteiger partial charge in [-0.3, -0.25) is 4.79 Å². The van der Waals surface area contributed by atoms with Crippen LogP contribution in [0, 0.1) is 13.8 Å². The Labute approximate surface area is 112 Å². The molecule has 100 valence electrons. The molecule has 2 rings (SSSR count). The highest BCUT2D eigenvalue weighted by molar-refractivity contribution is 5.95. The van der Waals surface area contributed by atoms with E-state index in [4.69, 9.17) is 10.2 Å². The Morgan fingerprint density at radius 3 is 2.63 bits per heavy atom. The molecule has 0 spiro atoms. The van der Waals surface area contributed by atoms with E-state index < -0.39 is 0 Å². The molecule has 4 heteroatoms. The highest BCUT2D eigenvalue weighted by Gasteiger charge is 2.15. The van der Waals surface area contributed by atoms with Crippen molar-refractivity contribution < 1.29 is 9.21 Å². The van der Waals surface area contributed by atoms with Crippen LogP contribution in [0.4, 0.5) is 5.69 Å². The van der Waals surface area contributed by atoms with E-state index in [1.54, 1.807) is 24.3 Å². The fourth-order valence-corrected chi connectivity index (χ4v) is 2.12. The zero-order valence-corrected chi connectivity index (χ0v) is 11.4. The van der Waals surface area contributed by atoms with Gasteiger partial charge in [0.1, 0.15) is 11.5 Å². The van der Waals surface area contributed by atoms with Gasteiger partial charge in [0.15, 0.2) is 0 Å². The molecule has 1 heterocycles. The molecule has 0 radical (unpaired) electrons. The fraction of sp³-hybridized carbons (Fsp3) is 0.267. The Balaban J connectivity index is 2.13. The summed E-state index contributed by atoms with van der Waals surface area (Å²) in [6.45, 7) is 5.72. The van der Waals surface area contributed by atoms with E-state index in [-0.39, 0.29) is 11.9 Å². The number of anilines is 1. The number of nitrogens with two attached hydrogens (primary N) is 1. The van der Waals surface area contributed by atoms with Gasteiger partial charge < -0.3 is 15.5 Å². The van der Waals surface area contributed by atoms with Crippen LogP contribution in [0.1, 0.15) is 40.4 Å². The second kappa shape index (κ2) is 5.18. The van der Waals surface area contributed by atoms with E-state index in [1.165, 1.54) is 0 Å². The van der Waals surface area contributed by atoms with E-state index in [9.17, 15) is 4.79 Å². The number of hydrogen-bond donors (Lipinski definition) is 2. The zero-order chi connectivity index (χ0) is 14.0. The van der Waals surface area contributed by atoms with Crippen molar-refractivity contribution >= 4 is 11.6 Å². The lowest BCUT2D eigenvalue weighted by molar-refractivity contribution is 0.0940. The van der Waals surface area contributed by atoms with Crippen molar-refractivity contribution in [1.29, 1.82) is 0 Å². The van der Waals surface area contributed by atoms with Crippen LogP contribution in [0.15, 0.2) is 34.7 Å². The number of hydrogen-bond acceptors (Lipinski definition) is 3. The number of benzene rings is 1. The van der Waals surface area contributed by atoms with Crippen LogP contribution >= 0.6 is 0 Å². The minimum atomic E-state index is -0.141. The number of carbonyl (C=O) groups is 1. The second-order valence-corrected chi connectivity index (χ2v) is 4.69. The van der Waals surface area contributed by atoms with Crippen LogP contribution in [0.5, 0.6) is 0 Å². The molecule has 0 fully saturated rings. The summed E-state index contributed by atoms with van der Waals surface area (Å²) >= 11 is 0. The molecule has 1 atom stereocenters. The highest BCUT2D eigenvalue weighted by Crippen LogP contribution is 2.21. The smallest absolute Gasteiger partial charge is 0.251 e. The molecule has 0 aliphatic rings. The van der Waals surface area contributed by atoms with Crippen molar-refractivity contribution in [2.24, 2.45) is 0 Å². The molecule has 19 heavy (non-hydrogen) atoms. The maximum Gasteiger partial charge on any atom is 0.251 e. The standard InChI is InChI=1S/C15H18N2O2/c1-9-7-14(11(3)19-9)10(2)17-15(18)12-5-4-6-13(16)8-12/h4-8,10H,16H2,1-3H3,(H,17,18). The summed E-state index contributed by atoms with van der Waals surface area (Å²) < 4.78 is 5.47. The summed E-state index contributed by atoms with van der Waals surface area (Å²) in [5.41, 5.74) is 7.81. The largest absolute Gasteiger partial charge is 0.466 e. The molecular weight excluding hydrogens is 240 g/mol. The number of rotatable bonds is 3. The summed E-state index contributed by atoms with van der Waals surface area (Å²) in [7, 11) is 0. The maximum atomic E-state index is 12.1. The van der Waals surface area contributed by atoms with Gasteiger partial charge in [-0.2, -0.15) is 0 Å². The molecule has 0 saturated heterocycles. The Kier molecular flexibility index (Phi) is 3.60. The minimum Gasteiger partial charge on any atom is -0.466 e. The molecule has 0 bridgehead atoms. The van der Waals surface area contributed by atoms with Crippen LogP contribution in [0.3, 0.4) is 0 Å². The average molecular weight is 258 g/mol. The predicted molar refractivity (Wildman–Crippen MR) is 74.9 cm³/mol. The summed E-state index contributed by atoms with van der Waals surface area (Å²) in [6, 6.07) is 8.76. The Morgan fingerprint density at radius 1 is 1.32 bits per heavy atom. The molecule has 4 nitrogen and oxygen atoms in total. The molecule has 1 amide bonds. The Morgan fingerprint density at radius 2 is 2.05 bits per heavy atom. The van der Waals surface area contributed by atoms with E-state index in [1.807, 2.05) is 26.8 Å². The number of furan rings is 1. The molecule has 1 unspecified atom stereocenters. The third-order valence-electron chi connectivity index (χ3n) is 3.04. The SMILES string of the molecule is Cc1cc(C(C)NC(=O)c2cccc(N)c2)c(C)o1. The van der Waals surface area contributed by atoms with Gasteiger partial charge in [0.25, 0.3) is 5.91 Å². The van der Waals surface area contributed by atoms with Gasteiger partial charge in [-0.05, 0) is 45.0 Å². The Hall–Kier alpha value is -2.23. The van der Waals surface area contributed by atoms with Crippen LogP contribution in [-0.4, -0.2) is 5.91 Å². The highest BCUT2D eigenvalue weighted by atomic mass is 16.3. The number of carbonyl (C=O) groups excluding carboxylic acids is 1. The van der Waals surface area contributed by atoms with E-state index in [0.717, 1.165) is 17.1 Å². The van der Waals surface area contributed by atoms with Gasteiger partial charge >= 0.3 is 0 Å². The maximum absolute atomic E-state index is 12.1. The molecule has 1 aromatic heterocycles. The molecule has 3 N–H and O–H groups in total. The summed E-state index contributed by atoms with van der Waals surface area (Å²) in [4.78, 5) is 12.1. The van der Waals surface area contributed by atoms with Crippen molar-refractivity contribution in [2.45, 2.75) is 26.8 Å². The average Bonchev–Trinajstić information content (AvgIpc) is 2.68. The predicted octanol–water partition coefficient (Wildman–Crippen LogP) is 2.97. The van der Waals surface area contributed by atoms with Crippen molar-refractivity contribution in [2.75, 3.05) is 5.73 Å². The van der Waals surface area contributed by atoms with Gasteiger partial charge in [-0.1, -0.05) is 6.07 Å². The lowest BCUT2D eigenvalue weighted by atomic mass is 10.1. The normalized spacial score (nSPS) is 12.2. The molecular formula is C15H18N2O2. The van der Waals surface area contributed by atoms with E-state index >= 15 is 0 Å². The van der Waals surface area contributed by atoms with Crippen LogP contribution in [0.25, 0.3) is 0 Å². The summed E-state index contributed by atoms with van der Waals surface area (Å²) in [6.07, 6.45) is 0. The molecule has 1 aromatic carbocycles. The monoisotopic (exact) mass is 258 g/mol. The van der Waals surface area contributed by atoms with Crippen molar-refractivity contribution in [1.82, 2.24) is 5.32 Å². The number of nitrogens with one attached hydrogen (secondary N) is 1. The van der Waals surface area contributed by atoms with Crippen molar-refractivity contribution in [3.63, 3.8) is 0 Å². The lowest BCUT2D eigenvalue weighted by Crippen LogP contribution is -2.26. The zero-order valence-electron chi connectivity index (χ0n) is 11.4. The fourth-order valence-electron chi connectivity index (χ4n) is 2.12. The van der Waals surface area contributed by atoms with Crippen LogP contribution in [-0.2, 0) is 0 Å². The van der Waals surface area contributed by atoms with Gasteiger partial charge in [0.2, 0.25) is 0 Å². The van der Waals surface area contributed by atoms with Crippen molar-refractivity contribution in [3.05, 3.63) is 53.0 Å². The molecule has 0 aliphatic carbocycles. The second-order valence-electron chi connectivity index (χ2n) is 4.69. The minimum absolute atomic E-state index is 0.105. The van der Waals surface area contributed by atoms with Gasteiger partial charge in [-0.25, -0.2) is 0 Å². The topological polar surface area (TPSA) is 68.3 Å². The molecule has 0 aliphatic heterocycles. The lowest BCUT2D eigenvalue weighted by Gasteiger charge is -2.13. The van der Waals surface area contributed by atoms with Gasteiger partial charge in [0.05, 0.1) is 6.04 Å². The quantitative estimate of drug-likeness (QED) is 0.832. The molecule has 0 saturated carbocycles. The number of nitrogen functional groups attached to an aromatic ring is 1. The first-order valence-electron chi connectivity index (χ1n) is 6.20. The van der Waals surface area contributed by atoms with Crippen LogP contribution in [0.2, 0.25) is 0 Å². The van der Waals surface area contributed by atoms with Gasteiger partial charge in [0, 0.05) is 16.8 Å². The number of aryl methyl sites for hydroxylation is 2. The first-order valence-corrected chi connectivity index (χ1v) is 6.20. The van der Waals surface area contributed by atoms with Gasteiger partial charge in [-0.15, -0.1) is 0 Å². The van der Waals surface area contributed by atoms with Crippen LogP contribution < -0.4 is 11.1 Å². The number of amides is 1. The van der Waals surface area contributed by atoms with E-state index in [0.29, 0.717) is 11.3 Å². The third-order valence-corrected chi connectivity index (χ3v) is 3.04. The van der Waals surface area contributed by atoms with Crippen molar-refractivity contribution in [3.8, 4) is 0 Å². The summed E-state index contributed by atoms with van der Waals surface area (Å²) in [5, 5.41) is 2.94. The van der Waals surface area contributed by atoms with E-state index in [2.05, 4.69) is 5.32 Å². The third kappa shape index (κ3) is 2.96. The molecule has 2 aromatic rings.